The van der Waals surface area contributed by atoms with Crippen molar-refractivity contribution in [3.8, 4) is 0 Å². The molecule has 0 aliphatic rings. The Bertz CT molecular complexity index is 542. The summed E-state index contributed by atoms with van der Waals surface area (Å²) < 4.78 is 26.9. The molecule has 0 amide bonds. The van der Waals surface area contributed by atoms with Gasteiger partial charge >= 0.3 is 0 Å². The quantitative estimate of drug-likeness (QED) is 0.725. The SMILES string of the molecule is Cn1nccc1S(=O)(=O)Nc1ncn[nH]1. The number of nitrogens with zero attached hydrogens (tertiary/aromatic N) is 4. The molecule has 2 heterocycles. The largest absolute Gasteiger partial charge is 0.281 e. The van der Waals surface area contributed by atoms with Crippen molar-refractivity contribution in [1.82, 2.24) is 25.0 Å². The molecule has 0 atom stereocenters. The Kier molecular flexibility index (Phi) is 2.15. The number of aromatic amines is 1. The lowest BCUT2D eigenvalue weighted by Crippen LogP contribution is -2.17. The second kappa shape index (κ2) is 3.35. The van der Waals surface area contributed by atoms with E-state index in [0.717, 1.165) is 0 Å². The van der Waals surface area contributed by atoms with Gasteiger partial charge in [-0.15, -0.1) is 0 Å². The first-order valence-electron chi connectivity index (χ1n) is 3.96. The Morgan fingerprint density at radius 1 is 1.53 bits per heavy atom. The molecule has 2 aromatic heterocycles. The van der Waals surface area contributed by atoms with Gasteiger partial charge in [-0.2, -0.15) is 23.6 Å². The predicted molar refractivity (Wildman–Crippen MR) is 50.4 cm³/mol. The molecule has 8 nitrogen and oxygen atoms in total. The highest BCUT2D eigenvalue weighted by Crippen LogP contribution is 2.10. The normalized spacial score (nSPS) is 11.5. The van der Waals surface area contributed by atoms with Gasteiger partial charge in [0.2, 0.25) is 5.95 Å². The van der Waals surface area contributed by atoms with Crippen molar-refractivity contribution in [2.45, 2.75) is 5.03 Å². The molecule has 0 saturated carbocycles. The van der Waals surface area contributed by atoms with Gasteiger partial charge in [0.1, 0.15) is 6.33 Å². The molecule has 2 rings (SSSR count). The molecule has 0 aromatic carbocycles. The second-order valence-electron chi connectivity index (χ2n) is 2.73. The van der Waals surface area contributed by atoms with Crippen LogP contribution < -0.4 is 4.72 Å². The molecule has 0 fully saturated rings. The van der Waals surface area contributed by atoms with Gasteiger partial charge in [0, 0.05) is 7.05 Å². The van der Waals surface area contributed by atoms with Gasteiger partial charge < -0.3 is 0 Å². The minimum absolute atomic E-state index is 0.0545. The van der Waals surface area contributed by atoms with Gasteiger partial charge in [0.15, 0.2) is 5.03 Å². The summed E-state index contributed by atoms with van der Waals surface area (Å²) in [6.45, 7) is 0. The van der Waals surface area contributed by atoms with E-state index in [2.05, 4.69) is 25.0 Å². The van der Waals surface area contributed by atoms with Crippen LogP contribution in [-0.4, -0.2) is 33.4 Å². The van der Waals surface area contributed by atoms with E-state index in [0.29, 0.717) is 0 Å². The highest BCUT2D eigenvalue weighted by atomic mass is 32.2. The molecule has 2 aromatic rings. The zero-order chi connectivity index (χ0) is 10.9. The molecule has 0 aliphatic carbocycles. The maximum atomic E-state index is 11.7. The first kappa shape index (κ1) is 9.65. The number of anilines is 1. The molecule has 0 spiro atoms. The van der Waals surface area contributed by atoms with Crippen LogP contribution in [0.15, 0.2) is 23.6 Å². The summed E-state index contributed by atoms with van der Waals surface area (Å²) in [5.41, 5.74) is 0. The first-order chi connectivity index (χ1) is 7.09. The van der Waals surface area contributed by atoms with Crippen molar-refractivity contribution in [3.63, 3.8) is 0 Å². The van der Waals surface area contributed by atoms with Gasteiger partial charge in [-0.05, 0) is 6.07 Å². The highest BCUT2D eigenvalue weighted by molar-refractivity contribution is 7.92. The average Bonchev–Trinajstić information content (AvgIpc) is 2.75. The van der Waals surface area contributed by atoms with Crippen LogP contribution >= 0.6 is 0 Å². The molecular formula is C6H8N6O2S. The fraction of sp³-hybridized carbons (Fsp3) is 0.167. The Morgan fingerprint density at radius 3 is 2.87 bits per heavy atom. The van der Waals surface area contributed by atoms with Crippen molar-refractivity contribution in [2.24, 2.45) is 7.05 Å². The molecule has 0 saturated heterocycles. The van der Waals surface area contributed by atoms with E-state index in [1.54, 1.807) is 0 Å². The summed E-state index contributed by atoms with van der Waals surface area (Å²) in [7, 11) is -2.12. The molecule has 15 heavy (non-hydrogen) atoms. The lowest BCUT2D eigenvalue weighted by molar-refractivity contribution is 0.581. The van der Waals surface area contributed by atoms with Crippen molar-refractivity contribution in [2.75, 3.05) is 4.72 Å². The fourth-order valence-electron chi connectivity index (χ4n) is 1.06. The minimum Gasteiger partial charge on any atom is -0.256 e. The maximum Gasteiger partial charge on any atom is 0.281 e. The van der Waals surface area contributed by atoms with Crippen LogP contribution in [0.1, 0.15) is 0 Å². The van der Waals surface area contributed by atoms with E-state index in [1.807, 2.05) is 0 Å². The van der Waals surface area contributed by atoms with Gasteiger partial charge in [-0.1, -0.05) is 0 Å². The van der Waals surface area contributed by atoms with Crippen LogP contribution in [-0.2, 0) is 17.1 Å². The molecule has 0 unspecified atom stereocenters. The van der Waals surface area contributed by atoms with Gasteiger partial charge in [-0.3, -0.25) is 4.68 Å². The molecule has 0 aliphatic heterocycles. The van der Waals surface area contributed by atoms with Gasteiger partial charge in [0.05, 0.1) is 6.20 Å². The number of H-pyrrole nitrogens is 1. The Hall–Kier alpha value is -1.90. The topological polar surface area (TPSA) is 106 Å². The van der Waals surface area contributed by atoms with Crippen LogP contribution in [0.2, 0.25) is 0 Å². The van der Waals surface area contributed by atoms with Crippen LogP contribution in [0.25, 0.3) is 0 Å². The summed E-state index contributed by atoms with van der Waals surface area (Å²) >= 11 is 0. The van der Waals surface area contributed by atoms with Gasteiger partial charge in [-0.25, -0.2) is 9.82 Å². The third kappa shape index (κ3) is 1.81. The molecule has 0 radical (unpaired) electrons. The first-order valence-corrected chi connectivity index (χ1v) is 5.44. The molecule has 80 valence electrons. The number of sulfonamides is 1. The Morgan fingerprint density at radius 2 is 2.33 bits per heavy atom. The van der Waals surface area contributed by atoms with Crippen molar-refractivity contribution in [3.05, 3.63) is 18.6 Å². The Balaban J connectivity index is 2.33. The summed E-state index contributed by atoms with van der Waals surface area (Å²) in [4.78, 5) is 3.65. The number of nitrogens with one attached hydrogen (secondary N) is 2. The van der Waals surface area contributed by atoms with Crippen molar-refractivity contribution >= 4 is 16.0 Å². The number of hydrogen-bond acceptors (Lipinski definition) is 5. The maximum absolute atomic E-state index is 11.7. The molecular weight excluding hydrogens is 220 g/mol. The zero-order valence-corrected chi connectivity index (χ0v) is 8.56. The number of aryl methyl sites for hydroxylation is 1. The van der Waals surface area contributed by atoms with E-state index < -0.39 is 10.0 Å². The molecule has 0 bridgehead atoms. The monoisotopic (exact) mass is 228 g/mol. The van der Waals surface area contributed by atoms with Crippen LogP contribution in [0, 0.1) is 0 Å². The summed E-state index contributed by atoms with van der Waals surface area (Å²) in [5, 5.41) is 9.74. The fourth-order valence-corrected chi connectivity index (χ4v) is 2.15. The smallest absolute Gasteiger partial charge is 0.256 e. The number of rotatable bonds is 3. The third-order valence-electron chi connectivity index (χ3n) is 1.70. The highest BCUT2D eigenvalue weighted by Gasteiger charge is 2.18. The van der Waals surface area contributed by atoms with Gasteiger partial charge in [0.25, 0.3) is 10.0 Å². The number of aromatic nitrogens is 5. The third-order valence-corrected chi connectivity index (χ3v) is 3.11. The van der Waals surface area contributed by atoms with E-state index in [4.69, 9.17) is 0 Å². The summed E-state index contributed by atoms with van der Waals surface area (Å²) in [6, 6.07) is 1.39. The lowest BCUT2D eigenvalue weighted by atomic mass is 10.7. The summed E-state index contributed by atoms with van der Waals surface area (Å²) in [6.07, 6.45) is 2.61. The lowest BCUT2D eigenvalue weighted by Gasteiger charge is -2.04. The summed E-state index contributed by atoms with van der Waals surface area (Å²) in [5.74, 6) is 0.0659. The van der Waals surface area contributed by atoms with E-state index in [9.17, 15) is 8.42 Å². The number of hydrogen-bond donors (Lipinski definition) is 2. The molecule has 9 heteroatoms. The average molecular weight is 228 g/mol. The van der Waals surface area contributed by atoms with Crippen LogP contribution in [0.5, 0.6) is 0 Å². The second-order valence-corrected chi connectivity index (χ2v) is 4.36. The van der Waals surface area contributed by atoms with E-state index >= 15 is 0 Å². The van der Waals surface area contributed by atoms with Crippen molar-refractivity contribution < 1.29 is 8.42 Å². The zero-order valence-electron chi connectivity index (χ0n) is 7.75. The van der Waals surface area contributed by atoms with E-state index in [1.165, 1.54) is 30.3 Å². The molecule has 2 N–H and O–H groups in total. The van der Waals surface area contributed by atoms with Crippen LogP contribution in [0.4, 0.5) is 5.95 Å². The van der Waals surface area contributed by atoms with Crippen molar-refractivity contribution in [1.29, 1.82) is 0 Å². The standard InChI is InChI=1S/C6H8N6O2S/c1-12-5(2-3-9-12)15(13,14)11-6-7-4-8-10-6/h2-4H,1H3,(H2,7,8,10,11). The van der Waals surface area contributed by atoms with E-state index in [-0.39, 0.29) is 11.0 Å². The predicted octanol–water partition coefficient (Wildman–Crippen LogP) is -0.661. The minimum atomic E-state index is -3.65. The Labute approximate surface area is 85.4 Å². The van der Waals surface area contributed by atoms with Crippen LogP contribution in [0.3, 0.4) is 0 Å².